The maximum Gasteiger partial charge on any atom is 0.328 e. The molecule has 0 aliphatic carbocycles. The van der Waals surface area contributed by atoms with Crippen LogP contribution >= 0.6 is 0 Å². The summed E-state index contributed by atoms with van der Waals surface area (Å²) in [6.07, 6.45) is 0.664. The fourth-order valence-electron chi connectivity index (χ4n) is 3.45. The SMILES string of the molecule is CC[C@H](C)[C@H](Nc1nc(NCCOCCOCCNC(=O)c2ccccc2)nc(Oc2ccccc2)n1)C(=O)O. The average molecular weight is 553 g/mol. The van der Waals surface area contributed by atoms with Gasteiger partial charge in [0.05, 0.1) is 26.4 Å². The highest BCUT2D eigenvalue weighted by atomic mass is 16.5. The van der Waals surface area contributed by atoms with E-state index in [4.69, 9.17) is 14.2 Å². The fraction of sp³-hybridized carbons (Fsp3) is 0.393. The molecule has 0 fully saturated rings. The number of aliphatic carboxylic acids is 1. The second-order valence-electron chi connectivity index (χ2n) is 8.80. The molecule has 1 heterocycles. The molecule has 0 saturated heterocycles. The fourth-order valence-corrected chi connectivity index (χ4v) is 3.45. The molecular formula is C28H36N6O6. The largest absolute Gasteiger partial charge is 0.480 e. The Labute approximate surface area is 233 Å². The molecule has 4 N–H and O–H groups in total. The first-order valence-corrected chi connectivity index (χ1v) is 13.2. The highest BCUT2D eigenvalue weighted by Crippen LogP contribution is 2.21. The van der Waals surface area contributed by atoms with Gasteiger partial charge in [0.25, 0.3) is 5.91 Å². The maximum atomic E-state index is 12.0. The van der Waals surface area contributed by atoms with Crippen LogP contribution in [0, 0.1) is 5.92 Å². The van der Waals surface area contributed by atoms with E-state index in [1.807, 2.05) is 50.2 Å². The predicted molar refractivity (Wildman–Crippen MR) is 150 cm³/mol. The number of hydrogen-bond acceptors (Lipinski definition) is 10. The molecule has 0 bridgehead atoms. The molecule has 214 valence electrons. The Hall–Kier alpha value is -4.29. The zero-order chi connectivity index (χ0) is 28.6. The quantitative estimate of drug-likeness (QED) is 0.171. The second kappa shape index (κ2) is 16.6. The molecule has 0 aliphatic rings. The lowest BCUT2D eigenvalue weighted by atomic mass is 10.00. The number of carbonyl (C=O) groups excluding carboxylic acids is 1. The number of benzene rings is 2. The van der Waals surface area contributed by atoms with Crippen molar-refractivity contribution in [1.29, 1.82) is 0 Å². The maximum absolute atomic E-state index is 12.0. The number of hydrogen-bond donors (Lipinski definition) is 4. The van der Waals surface area contributed by atoms with Gasteiger partial charge in [0, 0.05) is 18.7 Å². The summed E-state index contributed by atoms with van der Waals surface area (Å²) in [5, 5.41) is 18.4. The van der Waals surface area contributed by atoms with E-state index < -0.39 is 12.0 Å². The lowest BCUT2D eigenvalue weighted by Gasteiger charge is -2.20. The van der Waals surface area contributed by atoms with E-state index in [0.717, 1.165) is 0 Å². The number of carbonyl (C=O) groups is 2. The van der Waals surface area contributed by atoms with Crippen molar-refractivity contribution in [3.05, 3.63) is 66.2 Å². The third-order valence-electron chi connectivity index (χ3n) is 5.80. The van der Waals surface area contributed by atoms with Crippen LogP contribution in [0.2, 0.25) is 0 Å². The first kappa shape index (κ1) is 30.3. The summed E-state index contributed by atoms with van der Waals surface area (Å²) in [7, 11) is 0. The first-order valence-electron chi connectivity index (χ1n) is 13.2. The third-order valence-corrected chi connectivity index (χ3v) is 5.80. The number of rotatable bonds is 18. The van der Waals surface area contributed by atoms with E-state index in [-0.39, 0.29) is 29.7 Å². The van der Waals surface area contributed by atoms with Gasteiger partial charge in [-0.3, -0.25) is 4.79 Å². The van der Waals surface area contributed by atoms with Gasteiger partial charge < -0.3 is 35.3 Å². The number of nitrogens with zero attached hydrogens (tertiary/aromatic N) is 3. The van der Waals surface area contributed by atoms with E-state index in [2.05, 4.69) is 30.9 Å². The Morgan fingerprint density at radius 1 is 0.850 bits per heavy atom. The summed E-state index contributed by atoms with van der Waals surface area (Å²) in [5.74, 6) is -0.455. The van der Waals surface area contributed by atoms with Gasteiger partial charge in [-0.1, -0.05) is 56.7 Å². The molecule has 0 unspecified atom stereocenters. The molecule has 0 spiro atoms. The number of carboxylic acid groups (broad SMARTS) is 1. The number of carboxylic acids is 1. The van der Waals surface area contributed by atoms with Gasteiger partial charge in [-0.05, 0) is 30.2 Å². The Balaban J connectivity index is 1.43. The summed E-state index contributed by atoms with van der Waals surface area (Å²) < 4.78 is 16.8. The highest BCUT2D eigenvalue weighted by Gasteiger charge is 2.25. The average Bonchev–Trinajstić information content (AvgIpc) is 2.97. The molecule has 0 radical (unpaired) electrons. The van der Waals surface area contributed by atoms with Crippen molar-refractivity contribution in [3.8, 4) is 11.8 Å². The Kier molecular flexibility index (Phi) is 12.6. The molecule has 1 amide bonds. The Morgan fingerprint density at radius 2 is 1.48 bits per heavy atom. The summed E-state index contributed by atoms with van der Waals surface area (Å²) in [6.45, 7) is 6.02. The van der Waals surface area contributed by atoms with Crippen LogP contribution in [0.25, 0.3) is 0 Å². The summed E-state index contributed by atoms with van der Waals surface area (Å²) in [4.78, 5) is 36.6. The van der Waals surface area contributed by atoms with Crippen molar-refractivity contribution >= 4 is 23.8 Å². The van der Waals surface area contributed by atoms with Crippen LogP contribution in [0.4, 0.5) is 11.9 Å². The van der Waals surface area contributed by atoms with Crippen molar-refractivity contribution in [1.82, 2.24) is 20.3 Å². The zero-order valence-corrected chi connectivity index (χ0v) is 22.7. The monoisotopic (exact) mass is 552 g/mol. The Morgan fingerprint density at radius 3 is 2.12 bits per heavy atom. The molecule has 40 heavy (non-hydrogen) atoms. The van der Waals surface area contributed by atoms with Gasteiger partial charge in [0.1, 0.15) is 11.8 Å². The molecule has 3 aromatic rings. The van der Waals surface area contributed by atoms with Gasteiger partial charge in [0.15, 0.2) is 0 Å². The van der Waals surface area contributed by atoms with Crippen molar-refractivity contribution in [3.63, 3.8) is 0 Å². The minimum Gasteiger partial charge on any atom is -0.480 e. The van der Waals surface area contributed by atoms with E-state index in [0.29, 0.717) is 57.3 Å². The van der Waals surface area contributed by atoms with Crippen LogP contribution in [0.15, 0.2) is 60.7 Å². The normalized spacial score (nSPS) is 12.2. The number of ether oxygens (including phenoxy) is 3. The zero-order valence-electron chi connectivity index (χ0n) is 22.7. The van der Waals surface area contributed by atoms with Crippen molar-refractivity contribution < 1.29 is 28.9 Å². The van der Waals surface area contributed by atoms with Crippen molar-refractivity contribution in [2.45, 2.75) is 26.3 Å². The molecule has 12 nitrogen and oxygen atoms in total. The summed E-state index contributed by atoms with van der Waals surface area (Å²) in [6, 6.07) is 17.2. The van der Waals surface area contributed by atoms with Crippen LogP contribution in [-0.2, 0) is 14.3 Å². The van der Waals surface area contributed by atoms with Crippen LogP contribution in [0.3, 0.4) is 0 Å². The first-order chi connectivity index (χ1) is 19.5. The molecule has 3 rings (SSSR count). The Bertz CT molecular complexity index is 1180. The van der Waals surface area contributed by atoms with E-state index >= 15 is 0 Å². The minimum absolute atomic E-state index is 0.0214. The molecular weight excluding hydrogens is 516 g/mol. The topological polar surface area (TPSA) is 157 Å². The van der Waals surface area contributed by atoms with Gasteiger partial charge in [0.2, 0.25) is 11.9 Å². The van der Waals surface area contributed by atoms with E-state index in [9.17, 15) is 14.7 Å². The highest BCUT2D eigenvalue weighted by molar-refractivity contribution is 5.94. The number of anilines is 2. The molecule has 0 aliphatic heterocycles. The second-order valence-corrected chi connectivity index (χ2v) is 8.80. The van der Waals surface area contributed by atoms with Gasteiger partial charge in [-0.25, -0.2) is 4.79 Å². The van der Waals surface area contributed by atoms with Crippen LogP contribution in [-0.4, -0.2) is 77.5 Å². The van der Waals surface area contributed by atoms with Gasteiger partial charge in [-0.15, -0.1) is 0 Å². The number of para-hydroxylation sites is 1. The summed E-state index contributed by atoms with van der Waals surface area (Å²) in [5.41, 5.74) is 0.607. The lowest BCUT2D eigenvalue weighted by Crippen LogP contribution is -2.36. The van der Waals surface area contributed by atoms with E-state index in [1.165, 1.54) is 0 Å². The van der Waals surface area contributed by atoms with E-state index in [1.54, 1.807) is 24.3 Å². The standard InChI is InChI=1S/C28H36N6O6/c1-3-20(2)23(25(36)37)31-27-32-26(33-28(34-27)40-22-12-8-5-9-13-22)30-15-17-39-19-18-38-16-14-29-24(35)21-10-6-4-7-11-21/h4-13,20,23H,3,14-19H2,1-2H3,(H,29,35)(H,36,37)(H2,30,31,32,33,34)/t20-,23-/m0/s1. The molecule has 12 heteroatoms. The van der Waals surface area contributed by atoms with Crippen molar-refractivity contribution in [2.75, 3.05) is 50.2 Å². The van der Waals surface area contributed by atoms with Gasteiger partial charge in [-0.2, -0.15) is 15.0 Å². The van der Waals surface area contributed by atoms with Crippen LogP contribution < -0.4 is 20.7 Å². The van der Waals surface area contributed by atoms with Gasteiger partial charge >= 0.3 is 12.0 Å². The smallest absolute Gasteiger partial charge is 0.328 e. The molecule has 0 saturated carbocycles. The predicted octanol–water partition coefficient (Wildman–Crippen LogP) is 3.45. The number of aromatic nitrogens is 3. The molecule has 1 aromatic heterocycles. The summed E-state index contributed by atoms with van der Waals surface area (Å²) >= 11 is 0. The molecule has 2 aromatic carbocycles. The minimum atomic E-state index is -0.996. The number of nitrogens with one attached hydrogen (secondary N) is 3. The third kappa shape index (κ3) is 10.5. The lowest BCUT2D eigenvalue weighted by molar-refractivity contribution is -0.139. The van der Waals surface area contributed by atoms with Crippen molar-refractivity contribution in [2.24, 2.45) is 5.92 Å². The number of amides is 1. The van der Waals surface area contributed by atoms with Crippen LogP contribution in [0.5, 0.6) is 11.8 Å². The van der Waals surface area contributed by atoms with Crippen LogP contribution in [0.1, 0.15) is 30.6 Å². The molecule has 2 atom stereocenters.